The molecule has 0 bridgehead atoms. The zero-order valence-corrected chi connectivity index (χ0v) is 12.5. The lowest BCUT2D eigenvalue weighted by atomic mass is 10.1. The Balaban J connectivity index is 0.000000344. The zero-order chi connectivity index (χ0) is 14.6. The van der Waals surface area contributed by atoms with E-state index < -0.39 is 10.1 Å². The van der Waals surface area contributed by atoms with Crippen LogP contribution in [0.3, 0.4) is 0 Å². The summed E-state index contributed by atoms with van der Waals surface area (Å²) >= 11 is 0. The molecular formula is C14H25NO3S. The van der Waals surface area contributed by atoms with Gasteiger partial charge in [0, 0.05) is 0 Å². The van der Waals surface area contributed by atoms with Gasteiger partial charge in [0.05, 0.1) is 11.4 Å². The van der Waals surface area contributed by atoms with E-state index in [9.17, 15) is 13.0 Å². The third-order valence-corrected chi connectivity index (χ3v) is 3.48. The number of benzene rings is 1. The van der Waals surface area contributed by atoms with E-state index in [2.05, 4.69) is 12.7 Å². The number of hydrogen-bond acceptors (Lipinski definition) is 3. The van der Waals surface area contributed by atoms with Gasteiger partial charge < -0.3 is 10.3 Å². The van der Waals surface area contributed by atoms with Gasteiger partial charge >= 0.3 is 0 Å². The maximum Gasteiger partial charge on any atom is 0.124 e. The minimum absolute atomic E-state index is 0.185. The van der Waals surface area contributed by atoms with Gasteiger partial charge in [-0.15, -0.1) is 0 Å². The lowest BCUT2D eigenvalue weighted by Gasteiger charge is -2.04. The van der Waals surface area contributed by atoms with Gasteiger partial charge in [-0.05, 0) is 25.0 Å². The zero-order valence-electron chi connectivity index (χ0n) is 11.7. The molecule has 0 fully saturated rings. The molecule has 0 radical (unpaired) electrons. The van der Waals surface area contributed by atoms with Crippen molar-refractivity contribution in [1.82, 2.24) is 0 Å². The second kappa shape index (κ2) is 11.0. The van der Waals surface area contributed by atoms with Crippen molar-refractivity contribution < 1.29 is 18.7 Å². The Bertz CT molecular complexity index is 398. The summed E-state index contributed by atoms with van der Waals surface area (Å²) < 4.78 is 30.8. The van der Waals surface area contributed by atoms with E-state index in [1.54, 1.807) is 6.07 Å². The molecule has 0 aromatic heterocycles. The summed E-state index contributed by atoms with van der Waals surface area (Å²) in [7, 11) is -4.25. The SMILES string of the molecule is CCCCCCCC[NH3+].O=S(=O)([O-])c1ccccc1. The lowest BCUT2D eigenvalue weighted by molar-refractivity contribution is -0.368. The molecule has 0 atom stereocenters. The Kier molecular flexibility index (Phi) is 10.4. The van der Waals surface area contributed by atoms with Crippen molar-refractivity contribution in [3.05, 3.63) is 30.3 Å². The summed E-state index contributed by atoms with van der Waals surface area (Å²) in [5, 5.41) is 0. The van der Waals surface area contributed by atoms with Crippen LogP contribution >= 0.6 is 0 Å². The van der Waals surface area contributed by atoms with E-state index in [0.29, 0.717) is 0 Å². The molecule has 1 aromatic carbocycles. The lowest BCUT2D eigenvalue weighted by Crippen LogP contribution is -2.50. The highest BCUT2D eigenvalue weighted by Crippen LogP contribution is 2.05. The van der Waals surface area contributed by atoms with Crippen LogP contribution in [0.25, 0.3) is 0 Å². The fourth-order valence-corrected chi connectivity index (χ4v) is 2.03. The highest BCUT2D eigenvalue weighted by Gasteiger charge is 1.95. The summed E-state index contributed by atoms with van der Waals surface area (Å²) in [6, 6.07) is 7.19. The van der Waals surface area contributed by atoms with Crippen molar-refractivity contribution in [3.8, 4) is 0 Å². The maximum atomic E-state index is 10.3. The molecule has 0 heterocycles. The van der Waals surface area contributed by atoms with Gasteiger partial charge in [-0.3, -0.25) is 0 Å². The summed E-state index contributed by atoms with van der Waals surface area (Å²) in [6.45, 7) is 3.37. The average molecular weight is 287 g/mol. The number of quaternary nitrogens is 1. The average Bonchev–Trinajstić information content (AvgIpc) is 2.40. The van der Waals surface area contributed by atoms with Crippen LogP contribution in [0.2, 0.25) is 0 Å². The predicted molar refractivity (Wildman–Crippen MR) is 75.5 cm³/mol. The number of unbranched alkanes of at least 4 members (excludes halogenated alkanes) is 5. The molecule has 110 valence electrons. The first-order chi connectivity index (χ1) is 9.02. The van der Waals surface area contributed by atoms with Crippen LogP contribution in [0.1, 0.15) is 45.4 Å². The number of hydrogen-bond donors (Lipinski definition) is 1. The molecule has 0 aliphatic heterocycles. The fourth-order valence-electron chi connectivity index (χ4n) is 1.54. The number of rotatable bonds is 7. The Morgan fingerprint density at radius 2 is 1.53 bits per heavy atom. The van der Waals surface area contributed by atoms with Crippen LogP contribution in [0.5, 0.6) is 0 Å². The molecule has 0 aliphatic rings. The smallest absolute Gasteiger partial charge is 0.124 e. The van der Waals surface area contributed by atoms with E-state index in [0.717, 1.165) is 6.54 Å². The Morgan fingerprint density at radius 1 is 1.00 bits per heavy atom. The molecule has 1 aromatic rings. The minimum Gasteiger partial charge on any atom is -0.744 e. The van der Waals surface area contributed by atoms with E-state index in [1.165, 1.54) is 62.8 Å². The fraction of sp³-hybridized carbons (Fsp3) is 0.571. The summed E-state index contributed by atoms with van der Waals surface area (Å²) in [6.07, 6.45) is 8.33. The van der Waals surface area contributed by atoms with Crippen LogP contribution in [0.4, 0.5) is 0 Å². The van der Waals surface area contributed by atoms with E-state index in [4.69, 9.17) is 0 Å². The minimum atomic E-state index is -4.25. The van der Waals surface area contributed by atoms with Gasteiger partial charge in [0.1, 0.15) is 10.1 Å². The molecule has 3 N–H and O–H groups in total. The van der Waals surface area contributed by atoms with Crippen molar-refractivity contribution in [3.63, 3.8) is 0 Å². The van der Waals surface area contributed by atoms with E-state index >= 15 is 0 Å². The largest absolute Gasteiger partial charge is 0.744 e. The van der Waals surface area contributed by atoms with Crippen molar-refractivity contribution in [2.24, 2.45) is 0 Å². The van der Waals surface area contributed by atoms with E-state index in [-0.39, 0.29) is 4.90 Å². The predicted octanol–water partition coefficient (Wildman–Crippen LogP) is 2.18. The summed E-state index contributed by atoms with van der Waals surface area (Å²) in [4.78, 5) is -0.185. The Morgan fingerprint density at radius 3 is 1.95 bits per heavy atom. The Labute approximate surface area is 116 Å². The van der Waals surface area contributed by atoms with Crippen LogP contribution < -0.4 is 5.73 Å². The summed E-state index contributed by atoms with van der Waals surface area (Å²) in [5.74, 6) is 0. The monoisotopic (exact) mass is 287 g/mol. The Hall–Kier alpha value is -0.910. The van der Waals surface area contributed by atoms with Crippen LogP contribution in [-0.2, 0) is 10.1 Å². The van der Waals surface area contributed by atoms with Gasteiger partial charge in [0.2, 0.25) is 0 Å². The molecule has 1 rings (SSSR count). The van der Waals surface area contributed by atoms with Gasteiger partial charge in [-0.1, -0.05) is 50.8 Å². The van der Waals surface area contributed by atoms with Crippen LogP contribution in [0.15, 0.2) is 35.2 Å². The third-order valence-electron chi connectivity index (χ3n) is 2.64. The van der Waals surface area contributed by atoms with E-state index in [1.807, 2.05) is 0 Å². The first-order valence-electron chi connectivity index (χ1n) is 6.82. The molecule has 0 saturated heterocycles. The molecule has 0 aliphatic carbocycles. The molecule has 19 heavy (non-hydrogen) atoms. The maximum absolute atomic E-state index is 10.3. The highest BCUT2D eigenvalue weighted by molar-refractivity contribution is 7.85. The first kappa shape index (κ1) is 18.1. The summed E-state index contributed by atoms with van der Waals surface area (Å²) in [5.41, 5.74) is 3.80. The van der Waals surface area contributed by atoms with Gasteiger partial charge in [0.15, 0.2) is 0 Å². The second-order valence-corrected chi connectivity index (χ2v) is 5.77. The van der Waals surface area contributed by atoms with Crippen LogP contribution in [0, 0.1) is 0 Å². The quantitative estimate of drug-likeness (QED) is 0.616. The van der Waals surface area contributed by atoms with Gasteiger partial charge in [0.25, 0.3) is 0 Å². The molecule has 0 spiro atoms. The molecule has 0 amide bonds. The molecule has 0 unspecified atom stereocenters. The molecule has 5 heteroatoms. The molecular weight excluding hydrogens is 262 g/mol. The standard InChI is InChI=1S/C8H19N.C6H6O3S/c1-2-3-4-5-6-7-8-9;7-10(8,9)6-4-2-1-3-5-6/h2-9H2,1H3;1-5H,(H,7,8,9). The van der Waals surface area contributed by atoms with Gasteiger partial charge in [-0.2, -0.15) is 0 Å². The van der Waals surface area contributed by atoms with Crippen molar-refractivity contribution in [2.45, 2.75) is 50.3 Å². The topological polar surface area (TPSA) is 84.8 Å². The molecule has 0 saturated carbocycles. The second-order valence-electron chi connectivity index (χ2n) is 4.39. The highest BCUT2D eigenvalue weighted by atomic mass is 32.2. The van der Waals surface area contributed by atoms with Crippen molar-refractivity contribution in [2.75, 3.05) is 6.54 Å². The first-order valence-corrected chi connectivity index (χ1v) is 8.23. The van der Waals surface area contributed by atoms with Crippen molar-refractivity contribution in [1.29, 1.82) is 0 Å². The van der Waals surface area contributed by atoms with Gasteiger partial charge in [-0.25, -0.2) is 8.42 Å². The van der Waals surface area contributed by atoms with Crippen LogP contribution in [-0.4, -0.2) is 19.5 Å². The normalized spacial score (nSPS) is 10.7. The van der Waals surface area contributed by atoms with Crippen molar-refractivity contribution >= 4 is 10.1 Å². The molecule has 4 nitrogen and oxygen atoms in total. The third kappa shape index (κ3) is 10.7.